The molecule has 0 atom stereocenters. The van der Waals surface area contributed by atoms with E-state index in [0.717, 1.165) is 6.92 Å². The predicted octanol–water partition coefficient (Wildman–Crippen LogP) is 3.77. The lowest BCUT2D eigenvalue weighted by Gasteiger charge is -2.16. The van der Waals surface area contributed by atoms with Crippen molar-refractivity contribution in [2.75, 3.05) is 29.6 Å². The second-order valence-electron chi connectivity index (χ2n) is 7.40. The van der Waals surface area contributed by atoms with Crippen molar-refractivity contribution < 1.29 is 13.6 Å². The molecular weight excluding hydrogens is 418 g/mol. The van der Waals surface area contributed by atoms with Gasteiger partial charge in [0.1, 0.15) is 11.6 Å². The van der Waals surface area contributed by atoms with Gasteiger partial charge in [0.15, 0.2) is 5.82 Å². The van der Waals surface area contributed by atoms with Crippen LogP contribution in [0.25, 0.3) is 11.3 Å². The molecule has 0 aromatic carbocycles. The van der Waals surface area contributed by atoms with E-state index in [1.54, 1.807) is 24.3 Å². The first kappa shape index (κ1) is 22.9. The maximum absolute atomic E-state index is 13.9. The first-order chi connectivity index (χ1) is 15.1. The van der Waals surface area contributed by atoms with Crippen LogP contribution in [0.5, 0.6) is 0 Å². The fourth-order valence-electron chi connectivity index (χ4n) is 2.80. The highest BCUT2D eigenvalue weighted by Gasteiger charge is 2.29. The van der Waals surface area contributed by atoms with Gasteiger partial charge in [0.2, 0.25) is 11.7 Å². The second kappa shape index (κ2) is 9.16. The number of pyridine rings is 1. The Morgan fingerprint density at radius 1 is 1.12 bits per heavy atom. The van der Waals surface area contributed by atoms with Crippen molar-refractivity contribution in [2.24, 2.45) is 0 Å². The Hall–Kier alpha value is -3.76. The monoisotopic (exact) mass is 442 g/mol. The number of carbonyl (C=O) groups is 1. The van der Waals surface area contributed by atoms with Crippen LogP contribution in [0.1, 0.15) is 32.3 Å². The van der Waals surface area contributed by atoms with E-state index in [-0.39, 0.29) is 17.5 Å². The highest BCUT2D eigenvalue weighted by molar-refractivity contribution is 5.89. The van der Waals surface area contributed by atoms with E-state index in [4.69, 9.17) is 0 Å². The van der Waals surface area contributed by atoms with Crippen LogP contribution < -0.4 is 15.5 Å². The van der Waals surface area contributed by atoms with Crippen molar-refractivity contribution >= 4 is 29.0 Å². The first-order valence-corrected chi connectivity index (χ1v) is 9.89. The number of amides is 1. The Morgan fingerprint density at radius 3 is 2.44 bits per heavy atom. The lowest BCUT2D eigenvalue weighted by atomic mass is 10.1. The number of aromatic nitrogens is 5. The Kier molecular flexibility index (Phi) is 6.56. The predicted molar refractivity (Wildman–Crippen MR) is 118 cm³/mol. The number of halogens is 2. The summed E-state index contributed by atoms with van der Waals surface area (Å²) in [5.41, 5.74) is 1.98. The fraction of sp³-hybridized carbons (Fsp3) is 0.333. The number of nitrogens with one attached hydrogen (secondary N) is 2. The van der Waals surface area contributed by atoms with Gasteiger partial charge in [0, 0.05) is 57.5 Å². The summed E-state index contributed by atoms with van der Waals surface area (Å²) < 4.78 is 27.8. The molecule has 0 saturated heterocycles. The number of anilines is 4. The first-order valence-electron chi connectivity index (χ1n) is 9.89. The van der Waals surface area contributed by atoms with Crippen molar-refractivity contribution in [2.45, 2.75) is 33.1 Å². The minimum atomic E-state index is -3.20. The van der Waals surface area contributed by atoms with Crippen LogP contribution in [0.2, 0.25) is 0 Å². The van der Waals surface area contributed by atoms with Gasteiger partial charge in [-0.05, 0) is 18.6 Å². The smallest absolute Gasteiger partial charge is 0.303 e. The van der Waals surface area contributed by atoms with Crippen LogP contribution in [0, 0.1) is 0 Å². The summed E-state index contributed by atoms with van der Waals surface area (Å²) in [6.07, 6.45) is 1.97. The third kappa shape index (κ3) is 5.48. The Labute approximate surface area is 184 Å². The average molecular weight is 442 g/mol. The molecule has 0 aliphatic rings. The van der Waals surface area contributed by atoms with Gasteiger partial charge in [-0.1, -0.05) is 6.92 Å². The molecule has 3 aromatic rings. The molecule has 32 heavy (non-hydrogen) atoms. The molecular formula is C21H24F2N8O. The van der Waals surface area contributed by atoms with Crippen molar-refractivity contribution in [1.82, 2.24) is 25.1 Å². The van der Waals surface area contributed by atoms with Gasteiger partial charge < -0.3 is 15.5 Å². The minimum absolute atomic E-state index is 0.187. The number of nitrogens with zero attached hydrogens (tertiary/aromatic N) is 6. The third-order valence-electron chi connectivity index (χ3n) is 4.39. The second-order valence-corrected chi connectivity index (χ2v) is 7.40. The number of carbonyl (C=O) groups excluding carboxylic acids is 1. The summed E-state index contributed by atoms with van der Waals surface area (Å²) in [4.78, 5) is 25.4. The van der Waals surface area contributed by atoms with E-state index < -0.39 is 11.7 Å². The standard InChI is InChI=1S/C21H24F2N8O/c1-6-13-9-18(28-20(26-13)21(3,22)23)27-16-10-17(25-12(2)32)24-11-14(16)15-7-8-19(30-29-15)31(4)5/h7-11H,6H2,1-5H3,(H2,24,25,26,27,28,32). The van der Waals surface area contributed by atoms with Crippen LogP contribution in [0.4, 0.5) is 31.9 Å². The van der Waals surface area contributed by atoms with E-state index >= 15 is 0 Å². The molecule has 168 valence electrons. The molecule has 0 radical (unpaired) electrons. The zero-order valence-corrected chi connectivity index (χ0v) is 18.4. The number of hydrogen-bond acceptors (Lipinski definition) is 8. The highest BCUT2D eigenvalue weighted by Crippen LogP contribution is 2.32. The van der Waals surface area contributed by atoms with Crippen molar-refractivity contribution in [3.05, 3.63) is 42.0 Å². The number of alkyl halides is 2. The summed E-state index contributed by atoms with van der Waals surface area (Å²) in [7, 11) is 3.70. The van der Waals surface area contributed by atoms with E-state index in [1.807, 2.05) is 25.9 Å². The molecule has 2 N–H and O–H groups in total. The maximum atomic E-state index is 13.9. The molecule has 0 aliphatic heterocycles. The lowest BCUT2D eigenvalue weighted by molar-refractivity contribution is -0.114. The normalized spacial score (nSPS) is 11.2. The summed E-state index contributed by atoms with van der Waals surface area (Å²) in [6.45, 7) is 3.93. The van der Waals surface area contributed by atoms with E-state index in [1.165, 1.54) is 13.1 Å². The molecule has 0 fully saturated rings. The molecule has 3 rings (SSSR count). The molecule has 3 aromatic heterocycles. The molecule has 0 aliphatic carbocycles. The van der Waals surface area contributed by atoms with Crippen molar-refractivity contribution in [1.29, 1.82) is 0 Å². The molecule has 1 amide bonds. The minimum Gasteiger partial charge on any atom is -0.361 e. The molecule has 0 bridgehead atoms. The van der Waals surface area contributed by atoms with Gasteiger partial charge in [-0.2, -0.15) is 8.78 Å². The molecule has 0 spiro atoms. The zero-order chi connectivity index (χ0) is 23.5. The van der Waals surface area contributed by atoms with Gasteiger partial charge in [-0.3, -0.25) is 4.79 Å². The van der Waals surface area contributed by atoms with Gasteiger partial charge in [0.05, 0.1) is 11.4 Å². The van der Waals surface area contributed by atoms with Gasteiger partial charge in [-0.25, -0.2) is 15.0 Å². The molecule has 3 heterocycles. The molecule has 0 unspecified atom stereocenters. The summed E-state index contributed by atoms with van der Waals surface area (Å²) in [6, 6.07) is 6.74. The van der Waals surface area contributed by atoms with Gasteiger partial charge in [-0.15, -0.1) is 10.2 Å². The lowest BCUT2D eigenvalue weighted by Crippen LogP contribution is -2.15. The quantitative estimate of drug-likeness (QED) is 0.569. The summed E-state index contributed by atoms with van der Waals surface area (Å²) in [5.74, 6) is -2.93. The maximum Gasteiger partial charge on any atom is 0.303 e. The Bertz CT molecular complexity index is 1110. The van der Waals surface area contributed by atoms with Crippen LogP contribution >= 0.6 is 0 Å². The molecule has 0 saturated carbocycles. The van der Waals surface area contributed by atoms with Crippen LogP contribution in [-0.4, -0.2) is 45.2 Å². The number of aryl methyl sites for hydroxylation is 1. The van der Waals surface area contributed by atoms with Crippen LogP contribution in [0.3, 0.4) is 0 Å². The average Bonchev–Trinajstić information content (AvgIpc) is 2.72. The summed E-state index contributed by atoms with van der Waals surface area (Å²) in [5, 5.41) is 14.1. The van der Waals surface area contributed by atoms with E-state index in [9.17, 15) is 13.6 Å². The number of rotatable bonds is 7. The van der Waals surface area contributed by atoms with Gasteiger partial charge >= 0.3 is 5.92 Å². The topological polar surface area (TPSA) is 109 Å². The molecule has 11 heteroatoms. The Balaban J connectivity index is 2.08. The zero-order valence-electron chi connectivity index (χ0n) is 18.4. The number of hydrogen-bond donors (Lipinski definition) is 2. The van der Waals surface area contributed by atoms with Crippen molar-refractivity contribution in [3.63, 3.8) is 0 Å². The van der Waals surface area contributed by atoms with Crippen LogP contribution in [-0.2, 0) is 17.1 Å². The fourth-order valence-corrected chi connectivity index (χ4v) is 2.80. The Morgan fingerprint density at radius 2 is 1.88 bits per heavy atom. The largest absolute Gasteiger partial charge is 0.361 e. The third-order valence-corrected chi connectivity index (χ3v) is 4.39. The molecule has 9 nitrogen and oxygen atoms in total. The van der Waals surface area contributed by atoms with E-state index in [0.29, 0.717) is 34.9 Å². The van der Waals surface area contributed by atoms with E-state index in [2.05, 4.69) is 35.8 Å². The summed E-state index contributed by atoms with van der Waals surface area (Å²) >= 11 is 0. The van der Waals surface area contributed by atoms with Crippen molar-refractivity contribution in [3.8, 4) is 11.3 Å². The van der Waals surface area contributed by atoms with Gasteiger partial charge in [0.25, 0.3) is 0 Å². The highest BCUT2D eigenvalue weighted by atomic mass is 19.3. The SMILES string of the molecule is CCc1cc(Nc2cc(NC(C)=O)ncc2-c2ccc(N(C)C)nn2)nc(C(C)(F)F)n1. The van der Waals surface area contributed by atoms with Crippen LogP contribution in [0.15, 0.2) is 30.5 Å².